The number of carbonyl (C=O) groups is 1. The number of aryl methyl sites for hydroxylation is 2. The van der Waals surface area contributed by atoms with Crippen LogP contribution in [-0.4, -0.2) is 32.6 Å². The minimum atomic E-state index is -0.321. The molecule has 0 amide bonds. The lowest BCUT2D eigenvalue weighted by Crippen LogP contribution is -2.07. The second kappa shape index (κ2) is 6.34. The van der Waals surface area contributed by atoms with Crippen molar-refractivity contribution in [2.45, 2.75) is 12.8 Å². The lowest BCUT2D eigenvalue weighted by Gasteiger charge is -2.05. The van der Waals surface area contributed by atoms with Crippen molar-refractivity contribution in [1.82, 2.24) is 20.0 Å². The molecule has 1 aromatic carbocycles. The van der Waals surface area contributed by atoms with Crippen molar-refractivity contribution in [3.8, 4) is 0 Å². The van der Waals surface area contributed by atoms with E-state index in [1.807, 2.05) is 12.1 Å². The van der Waals surface area contributed by atoms with Crippen LogP contribution in [0.3, 0.4) is 0 Å². The Labute approximate surface area is 127 Å². The first-order chi connectivity index (χ1) is 10.7. The van der Waals surface area contributed by atoms with Gasteiger partial charge in [0.25, 0.3) is 0 Å². The number of fused-ring (bicyclic) bond motifs is 1. The SMILES string of the molecule is Cn1nnc2ccc(C(=O)OCCCc3ccncc3)cc21. The van der Waals surface area contributed by atoms with Gasteiger partial charge in [-0.05, 0) is 48.7 Å². The summed E-state index contributed by atoms with van der Waals surface area (Å²) in [5.41, 5.74) is 3.28. The number of esters is 1. The van der Waals surface area contributed by atoms with Gasteiger partial charge in [0.05, 0.1) is 17.7 Å². The topological polar surface area (TPSA) is 69.9 Å². The van der Waals surface area contributed by atoms with Gasteiger partial charge in [0.1, 0.15) is 5.52 Å². The molecule has 3 rings (SSSR count). The molecule has 6 nitrogen and oxygen atoms in total. The van der Waals surface area contributed by atoms with Crippen LogP contribution in [0.5, 0.6) is 0 Å². The average molecular weight is 296 g/mol. The summed E-state index contributed by atoms with van der Waals surface area (Å²) >= 11 is 0. The summed E-state index contributed by atoms with van der Waals surface area (Å²) in [5.74, 6) is -0.321. The van der Waals surface area contributed by atoms with Crippen LogP contribution in [0.15, 0.2) is 42.7 Å². The second-order valence-corrected chi connectivity index (χ2v) is 5.01. The third-order valence-electron chi connectivity index (χ3n) is 3.44. The highest BCUT2D eigenvalue weighted by Crippen LogP contribution is 2.13. The summed E-state index contributed by atoms with van der Waals surface area (Å²) in [5, 5.41) is 7.90. The van der Waals surface area contributed by atoms with Gasteiger partial charge in [-0.25, -0.2) is 9.48 Å². The molecule has 0 fully saturated rings. The number of aromatic nitrogens is 4. The Morgan fingerprint density at radius 1 is 1.23 bits per heavy atom. The van der Waals surface area contributed by atoms with Crippen LogP contribution in [-0.2, 0) is 18.2 Å². The van der Waals surface area contributed by atoms with E-state index in [2.05, 4.69) is 15.3 Å². The molecule has 0 aliphatic rings. The molecule has 3 aromatic rings. The Balaban J connectivity index is 1.55. The molecule has 0 saturated carbocycles. The molecule has 0 aliphatic carbocycles. The Bertz CT molecular complexity index is 783. The van der Waals surface area contributed by atoms with Crippen molar-refractivity contribution < 1.29 is 9.53 Å². The maximum Gasteiger partial charge on any atom is 0.338 e. The van der Waals surface area contributed by atoms with Crippen molar-refractivity contribution in [3.63, 3.8) is 0 Å². The smallest absolute Gasteiger partial charge is 0.338 e. The Hall–Kier alpha value is -2.76. The minimum Gasteiger partial charge on any atom is -0.462 e. The molecule has 0 aliphatic heterocycles. The first-order valence-electron chi connectivity index (χ1n) is 7.09. The third kappa shape index (κ3) is 3.11. The van der Waals surface area contributed by atoms with E-state index in [1.165, 1.54) is 5.56 Å². The fourth-order valence-electron chi connectivity index (χ4n) is 2.23. The Morgan fingerprint density at radius 2 is 2.05 bits per heavy atom. The van der Waals surface area contributed by atoms with Gasteiger partial charge in [-0.15, -0.1) is 5.10 Å². The van der Waals surface area contributed by atoms with E-state index in [0.29, 0.717) is 12.2 Å². The lowest BCUT2D eigenvalue weighted by molar-refractivity contribution is 0.0501. The first-order valence-corrected chi connectivity index (χ1v) is 7.09. The normalized spacial score (nSPS) is 10.8. The van der Waals surface area contributed by atoms with E-state index < -0.39 is 0 Å². The van der Waals surface area contributed by atoms with Crippen LogP contribution in [0.4, 0.5) is 0 Å². The molecule has 0 saturated heterocycles. The summed E-state index contributed by atoms with van der Waals surface area (Å²) in [6.45, 7) is 0.392. The zero-order chi connectivity index (χ0) is 15.4. The van der Waals surface area contributed by atoms with Gasteiger partial charge in [0.15, 0.2) is 0 Å². The molecule has 0 atom stereocenters. The molecule has 0 unspecified atom stereocenters. The van der Waals surface area contributed by atoms with E-state index in [4.69, 9.17) is 4.74 Å². The van der Waals surface area contributed by atoms with Gasteiger partial charge in [0, 0.05) is 19.4 Å². The van der Waals surface area contributed by atoms with Gasteiger partial charge in [-0.2, -0.15) is 0 Å². The predicted octanol–water partition coefficient (Wildman–Crippen LogP) is 2.15. The minimum absolute atomic E-state index is 0.321. The van der Waals surface area contributed by atoms with Crippen molar-refractivity contribution >= 4 is 17.0 Å². The van der Waals surface area contributed by atoms with E-state index in [1.54, 1.807) is 42.3 Å². The molecule has 0 radical (unpaired) electrons. The number of hydrogen-bond donors (Lipinski definition) is 0. The van der Waals surface area contributed by atoms with Gasteiger partial charge < -0.3 is 4.74 Å². The van der Waals surface area contributed by atoms with Crippen LogP contribution in [0.1, 0.15) is 22.3 Å². The molecule has 6 heteroatoms. The van der Waals surface area contributed by atoms with Crippen molar-refractivity contribution in [1.29, 1.82) is 0 Å². The first kappa shape index (κ1) is 14.2. The molecule has 22 heavy (non-hydrogen) atoms. The predicted molar refractivity (Wildman–Crippen MR) is 81.3 cm³/mol. The Morgan fingerprint density at radius 3 is 2.86 bits per heavy atom. The monoisotopic (exact) mass is 296 g/mol. The molecule has 2 heterocycles. The highest BCUT2D eigenvalue weighted by molar-refractivity contribution is 5.93. The van der Waals surface area contributed by atoms with Crippen molar-refractivity contribution in [2.24, 2.45) is 7.05 Å². The van der Waals surface area contributed by atoms with E-state index >= 15 is 0 Å². The number of benzene rings is 1. The summed E-state index contributed by atoms with van der Waals surface area (Å²) in [6.07, 6.45) is 5.17. The summed E-state index contributed by atoms with van der Waals surface area (Å²) in [7, 11) is 1.79. The number of pyridine rings is 1. The summed E-state index contributed by atoms with van der Waals surface area (Å²) in [6, 6.07) is 9.16. The number of nitrogens with zero attached hydrogens (tertiary/aromatic N) is 4. The number of ether oxygens (including phenoxy) is 1. The van der Waals surface area contributed by atoms with Gasteiger partial charge in [-0.3, -0.25) is 4.98 Å². The number of hydrogen-bond acceptors (Lipinski definition) is 5. The van der Waals surface area contributed by atoms with Crippen molar-refractivity contribution in [3.05, 3.63) is 53.9 Å². The Kier molecular flexibility index (Phi) is 4.09. The second-order valence-electron chi connectivity index (χ2n) is 5.01. The third-order valence-corrected chi connectivity index (χ3v) is 3.44. The highest BCUT2D eigenvalue weighted by Gasteiger charge is 2.10. The summed E-state index contributed by atoms with van der Waals surface area (Å²) < 4.78 is 6.94. The summed E-state index contributed by atoms with van der Waals surface area (Å²) in [4.78, 5) is 16.0. The van der Waals surface area contributed by atoms with Gasteiger partial charge in [-0.1, -0.05) is 5.21 Å². The van der Waals surface area contributed by atoms with Crippen LogP contribution in [0, 0.1) is 0 Å². The van der Waals surface area contributed by atoms with Gasteiger partial charge in [0.2, 0.25) is 0 Å². The molecule has 0 bridgehead atoms. The molecular weight excluding hydrogens is 280 g/mol. The number of rotatable bonds is 5. The fraction of sp³-hybridized carbons (Fsp3) is 0.250. The zero-order valence-electron chi connectivity index (χ0n) is 12.3. The molecule has 0 N–H and O–H groups in total. The molecule has 2 aromatic heterocycles. The zero-order valence-corrected chi connectivity index (χ0v) is 12.3. The highest BCUT2D eigenvalue weighted by atomic mass is 16.5. The van der Waals surface area contributed by atoms with E-state index in [0.717, 1.165) is 23.9 Å². The standard InChI is InChI=1S/C16H16N4O2/c1-20-15-11-13(4-5-14(15)18-19-20)16(21)22-10-2-3-12-6-8-17-9-7-12/h4-9,11H,2-3,10H2,1H3. The van der Waals surface area contributed by atoms with Crippen LogP contribution >= 0.6 is 0 Å². The average Bonchev–Trinajstić information content (AvgIpc) is 2.93. The van der Waals surface area contributed by atoms with E-state index in [9.17, 15) is 4.79 Å². The van der Waals surface area contributed by atoms with Crippen LogP contribution in [0.2, 0.25) is 0 Å². The molecular formula is C16H16N4O2. The number of carbonyl (C=O) groups excluding carboxylic acids is 1. The maximum absolute atomic E-state index is 12.1. The van der Waals surface area contributed by atoms with Crippen LogP contribution < -0.4 is 0 Å². The van der Waals surface area contributed by atoms with E-state index in [-0.39, 0.29) is 5.97 Å². The van der Waals surface area contributed by atoms with Gasteiger partial charge >= 0.3 is 5.97 Å². The largest absolute Gasteiger partial charge is 0.462 e. The quantitative estimate of drug-likeness (QED) is 0.533. The molecule has 112 valence electrons. The van der Waals surface area contributed by atoms with Crippen molar-refractivity contribution in [2.75, 3.05) is 6.61 Å². The molecule has 0 spiro atoms. The van der Waals surface area contributed by atoms with Crippen LogP contribution in [0.25, 0.3) is 11.0 Å². The lowest BCUT2D eigenvalue weighted by atomic mass is 10.1. The maximum atomic E-state index is 12.1. The fourth-order valence-corrected chi connectivity index (χ4v) is 2.23.